The van der Waals surface area contributed by atoms with E-state index < -0.39 is 15.1 Å². The molecule has 1 aliphatic heterocycles. The highest BCUT2D eigenvalue weighted by molar-refractivity contribution is 8.45. The van der Waals surface area contributed by atoms with E-state index in [1.807, 2.05) is 0 Å². The maximum Gasteiger partial charge on any atom is 0.310 e. The smallest absolute Gasteiger partial charge is 0.310 e. The molecule has 3 rings (SSSR count). The monoisotopic (exact) mass is 396 g/mol. The molecule has 0 radical (unpaired) electrons. The first-order valence-corrected chi connectivity index (χ1v) is 9.03. The van der Waals surface area contributed by atoms with Gasteiger partial charge in [-0.05, 0) is 18.2 Å². The van der Waals surface area contributed by atoms with E-state index in [4.69, 9.17) is 14.2 Å². The van der Waals surface area contributed by atoms with Gasteiger partial charge in [0.25, 0.3) is 11.8 Å². The molecule has 0 atom stereocenters. The van der Waals surface area contributed by atoms with Crippen LogP contribution in [0.15, 0.2) is 29.3 Å². The second kappa shape index (κ2) is 5.22. The van der Waals surface area contributed by atoms with E-state index in [1.165, 1.54) is 26.5 Å². The Balaban J connectivity index is 2.01. The van der Waals surface area contributed by atoms with Gasteiger partial charge in [0.05, 0.1) is 26.1 Å². The maximum atomic E-state index is 12.9. The number of benzene rings is 1. The Morgan fingerprint density at radius 1 is 1.04 bits per heavy atom. The maximum absolute atomic E-state index is 12.9. The predicted molar refractivity (Wildman–Crippen MR) is 86.3 cm³/mol. The van der Waals surface area contributed by atoms with Crippen molar-refractivity contribution in [2.45, 2.75) is 4.90 Å². The quantitative estimate of drug-likeness (QED) is 0.675. The van der Waals surface area contributed by atoms with Gasteiger partial charge in [0.15, 0.2) is 0 Å². The average Bonchev–Trinajstić information content (AvgIpc) is 2.58. The first-order valence-electron chi connectivity index (χ1n) is 7.08. The zero-order chi connectivity index (χ0) is 19.2. The van der Waals surface area contributed by atoms with Crippen LogP contribution in [0.2, 0.25) is 0 Å². The van der Waals surface area contributed by atoms with Crippen LogP contribution in [-0.4, -0.2) is 30.8 Å². The van der Waals surface area contributed by atoms with Gasteiger partial charge in [0, 0.05) is 17.2 Å². The lowest BCUT2D eigenvalue weighted by atomic mass is 10.1. The number of ether oxygens (including phenoxy) is 3. The average molecular weight is 396 g/mol. The number of hydrogen-bond acceptors (Lipinski definition) is 5. The molecule has 0 bridgehead atoms. The molecule has 0 saturated heterocycles. The van der Waals surface area contributed by atoms with E-state index in [0.29, 0.717) is 23.4 Å². The second-order valence-corrected chi connectivity index (χ2v) is 7.81. The number of fused-ring (bicyclic) bond motifs is 1. The summed E-state index contributed by atoms with van der Waals surface area (Å²) >= 11 is 0. The van der Waals surface area contributed by atoms with Crippen LogP contribution in [0.25, 0.3) is 11.6 Å². The molecule has 5 nitrogen and oxygen atoms in total. The fraction of sp³-hybridized carbons (Fsp3) is 0.200. The molecule has 1 aromatic heterocycles. The summed E-state index contributed by atoms with van der Waals surface area (Å²) in [5.74, 6) is -0.00427. The van der Waals surface area contributed by atoms with Crippen molar-refractivity contribution in [3.63, 3.8) is 0 Å². The molecule has 2 heterocycles. The van der Waals surface area contributed by atoms with Crippen LogP contribution in [-0.2, 0) is 0 Å². The molecule has 11 heteroatoms. The van der Waals surface area contributed by atoms with Gasteiger partial charge in [0.2, 0.25) is 0 Å². The Labute approximate surface area is 145 Å². The first kappa shape index (κ1) is 18.2. The molecule has 0 saturated carbocycles. The van der Waals surface area contributed by atoms with Crippen molar-refractivity contribution in [2.75, 3.05) is 20.8 Å². The Bertz CT molecular complexity index is 916. The van der Waals surface area contributed by atoms with E-state index in [0.717, 1.165) is 6.07 Å². The number of halogens is 5. The molecule has 1 aromatic carbocycles. The summed E-state index contributed by atoms with van der Waals surface area (Å²) in [6.45, 7) is -0.166. The number of rotatable bonds is 4. The van der Waals surface area contributed by atoms with Gasteiger partial charge >= 0.3 is 10.2 Å². The van der Waals surface area contributed by atoms with Crippen LogP contribution in [0.5, 0.6) is 17.5 Å². The lowest BCUT2D eigenvalue weighted by molar-refractivity contribution is 0.330. The molecule has 0 amide bonds. The number of nitrogens with zero attached hydrogens (tertiary/aromatic N) is 2. The topological polar surface area (TPSA) is 53.5 Å². The number of hydrogen-bond donors (Lipinski definition) is 0. The van der Waals surface area contributed by atoms with Crippen molar-refractivity contribution in [1.29, 1.82) is 0 Å². The van der Waals surface area contributed by atoms with Crippen molar-refractivity contribution in [3.05, 3.63) is 35.7 Å². The lowest BCUT2D eigenvalue weighted by Crippen LogP contribution is -2.11. The van der Waals surface area contributed by atoms with Crippen molar-refractivity contribution in [1.82, 2.24) is 9.97 Å². The molecule has 26 heavy (non-hydrogen) atoms. The molecular weight excluding hydrogens is 383 g/mol. The van der Waals surface area contributed by atoms with Crippen LogP contribution in [0.4, 0.5) is 19.4 Å². The van der Waals surface area contributed by atoms with Gasteiger partial charge in [0.1, 0.15) is 17.3 Å². The third-order valence-electron chi connectivity index (χ3n) is 3.57. The minimum Gasteiger partial charge on any atom is -0.488 e. The van der Waals surface area contributed by atoms with Gasteiger partial charge in [-0.2, -0.15) is 0 Å². The number of methoxy groups -OCH3 is 2. The zero-order valence-electron chi connectivity index (χ0n) is 13.5. The molecule has 0 aliphatic carbocycles. The highest BCUT2D eigenvalue weighted by Gasteiger charge is 2.65. The van der Waals surface area contributed by atoms with Gasteiger partial charge in [-0.3, -0.25) is 0 Å². The standard InChI is InChI=1S/C15H13F5N2O3S/c1-23-14-15(24-2)22-12(7-21-14)10-5-9-3-4-11(6-13(9)25-8-10)26(16,17,18,19)20/h3-7H,8H2,1-2H3. The van der Waals surface area contributed by atoms with Crippen molar-refractivity contribution < 1.29 is 33.6 Å². The van der Waals surface area contributed by atoms with Crippen molar-refractivity contribution >= 4 is 21.9 Å². The van der Waals surface area contributed by atoms with Gasteiger partial charge in [-0.25, -0.2) is 9.97 Å². The summed E-state index contributed by atoms with van der Waals surface area (Å²) in [5.41, 5.74) is 1.06. The highest BCUT2D eigenvalue weighted by atomic mass is 32.5. The molecule has 142 valence electrons. The summed E-state index contributed by atoms with van der Waals surface area (Å²) in [6.07, 6.45) is 2.87. The third-order valence-corrected chi connectivity index (χ3v) is 4.71. The molecule has 0 N–H and O–H groups in total. The molecular formula is C15H13F5N2O3S. The Kier molecular flexibility index (Phi) is 3.66. The molecule has 0 unspecified atom stereocenters. The third kappa shape index (κ3) is 3.52. The second-order valence-electron chi connectivity index (χ2n) is 5.40. The molecule has 1 aliphatic rings. The fourth-order valence-corrected chi connectivity index (χ4v) is 2.98. The Hall–Kier alpha value is -2.56. The lowest BCUT2D eigenvalue weighted by Gasteiger charge is -2.40. The number of aromatic nitrogens is 2. The largest absolute Gasteiger partial charge is 0.488 e. The normalized spacial score (nSPS) is 16.5. The van der Waals surface area contributed by atoms with E-state index in [1.54, 1.807) is 0 Å². The minimum absolute atomic E-state index is 0.118. The summed E-state index contributed by atoms with van der Waals surface area (Å²) in [4.78, 5) is 6.21. The van der Waals surface area contributed by atoms with E-state index in [2.05, 4.69) is 9.97 Å². The van der Waals surface area contributed by atoms with Gasteiger partial charge in [-0.1, -0.05) is 19.4 Å². The molecule has 0 fully saturated rings. The van der Waals surface area contributed by atoms with Crippen molar-refractivity contribution in [2.24, 2.45) is 0 Å². The summed E-state index contributed by atoms with van der Waals surface area (Å²) < 4.78 is 79.7. The summed E-state index contributed by atoms with van der Waals surface area (Å²) in [6, 6.07) is 1.57. The minimum atomic E-state index is -9.76. The first-order chi connectivity index (χ1) is 11.9. The summed E-state index contributed by atoms with van der Waals surface area (Å²) in [7, 11) is -7.00. The fourth-order valence-electron chi connectivity index (χ4n) is 2.32. The van der Waals surface area contributed by atoms with E-state index in [-0.39, 0.29) is 29.7 Å². The SMILES string of the molecule is COc1ncc(C2=Cc3ccc(S(F)(F)(F)(F)F)cc3OC2)nc1OC. The predicted octanol–water partition coefficient (Wildman–Crippen LogP) is 5.08. The molecule has 0 spiro atoms. The van der Waals surface area contributed by atoms with E-state index in [9.17, 15) is 19.4 Å². The van der Waals surface area contributed by atoms with Gasteiger partial charge in [-0.15, -0.1) is 0 Å². The van der Waals surface area contributed by atoms with Crippen LogP contribution >= 0.6 is 10.2 Å². The highest BCUT2D eigenvalue weighted by Crippen LogP contribution is 3.02. The Morgan fingerprint density at radius 2 is 1.73 bits per heavy atom. The van der Waals surface area contributed by atoms with Crippen molar-refractivity contribution in [3.8, 4) is 17.5 Å². The Morgan fingerprint density at radius 3 is 2.35 bits per heavy atom. The van der Waals surface area contributed by atoms with E-state index >= 15 is 0 Å². The van der Waals surface area contributed by atoms with Gasteiger partial charge < -0.3 is 14.2 Å². The zero-order valence-corrected chi connectivity index (χ0v) is 14.3. The van der Waals surface area contributed by atoms with Crippen LogP contribution in [0.3, 0.4) is 0 Å². The molecule has 2 aromatic rings. The van der Waals surface area contributed by atoms with Crippen LogP contribution in [0.1, 0.15) is 11.3 Å². The van der Waals surface area contributed by atoms with Crippen LogP contribution in [0, 0.1) is 0 Å². The summed E-state index contributed by atoms with van der Waals surface area (Å²) in [5, 5.41) is 0. The van der Waals surface area contributed by atoms with Crippen LogP contribution < -0.4 is 14.2 Å².